The molecule has 6 heteroatoms. The lowest BCUT2D eigenvalue weighted by atomic mass is 9.97. The van der Waals surface area contributed by atoms with Crippen LogP contribution in [0.15, 0.2) is 24.3 Å². The summed E-state index contributed by atoms with van der Waals surface area (Å²) in [5, 5.41) is 4.62. The van der Waals surface area contributed by atoms with Gasteiger partial charge < -0.3 is 9.64 Å². The van der Waals surface area contributed by atoms with Crippen molar-refractivity contribution in [3.63, 3.8) is 0 Å². The van der Waals surface area contributed by atoms with Gasteiger partial charge in [-0.1, -0.05) is 18.2 Å². The van der Waals surface area contributed by atoms with Crippen LogP contribution in [0, 0.1) is 26.7 Å². The summed E-state index contributed by atoms with van der Waals surface area (Å²) in [5.41, 5.74) is 4.23. The van der Waals surface area contributed by atoms with E-state index in [1.165, 1.54) is 0 Å². The van der Waals surface area contributed by atoms with Crippen molar-refractivity contribution in [2.75, 3.05) is 19.7 Å². The van der Waals surface area contributed by atoms with E-state index in [1.54, 1.807) is 11.8 Å². The number of amides is 1. The maximum atomic E-state index is 13.2. The van der Waals surface area contributed by atoms with Crippen molar-refractivity contribution in [2.45, 2.75) is 40.5 Å². The van der Waals surface area contributed by atoms with Crippen molar-refractivity contribution in [3.8, 4) is 5.69 Å². The predicted octanol–water partition coefficient (Wildman–Crippen LogP) is 3.21. The van der Waals surface area contributed by atoms with Crippen molar-refractivity contribution in [2.24, 2.45) is 5.92 Å². The summed E-state index contributed by atoms with van der Waals surface area (Å²) >= 11 is 0. The molecule has 0 bridgehead atoms. The lowest BCUT2D eigenvalue weighted by Gasteiger charge is -2.31. The highest BCUT2D eigenvalue weighted by Gasteiger charge is 2.32. The summed E-state index contributed by atoms with van der Waals surface area (Å²) in [6.07, 6.45) is 1.57. The Morgan fingerprint density at radius 1 is 1.22 bits per heavy atom. The summed E-state index contributed by atoms with van der Waals surface area (Å²) in [7, 11) is 0. The fraction of sp³-hybridized carbons (Fsp3) is 0.476. The van der Waals surface area contributed by atoms with Gasteiger partial charge in [0.1, 0.15) is 0 Å². The van der Waals surface area contributed by atoms with Crippen LogP contribution >= 0.6 is 0 Å². The molecule has 1 aliphatic rings. The van der Waals surface area contributed by atoms with Crippen LogP contribution in [0.3, 0.4) is 0 Å². The number of esters is 1. The van der Waals surface area contributed by atoms with Crippen molar-refractivity contribution in [3.05, 3.63) is 46.8 Å². The number of aryl methyl sites for hydroxylation is 2. The number of nitrogens with zero attached hydrogens (tertiary/aromatic N) is 3. The Morgan fingerprint density at radius 2 is 1.96 bits per heavy atom. The molecule has 1 aliphatic heterocycles. The topological polar surface area (TPSA) is 64.4 Å². The molecule has 1 amide bonds. The molecular weight excluding hydrogens is 342 g/mol. The number of hydrogen-bond donors (Lipinski definition) is 0. The first-order valence-corrected chi connectivity index (χ1v) is 9.52. The minimum Gasteiger partial charge on any atom is -0.466 e. The molecule has 1 atom stereocenters. The molecule has 144 valence electrons. The van der Waals surface area contributed by atoms with Crippen molar-refractivity contribution < 1.29 is 14.3 Å². The Hall–Kier alpha value is -2.63. The number of benzene rings is 1. The molecule has 2 aromatic rings. The minimum absolute atomic E-state index is 0.0566. The molecule has 0 spiro atoms. The van der Waals surface area contributed by atoms with Crippen LogP contribution < -0.4 is 0 Å². The number of rotatable bonds is 4. The van der Waals surface area contributed by atoms with E-state index in [2.05, 4.69) is 5.10 Å². The first kappa shape index (κ1) is 19.1. The van der Waals surface area contributed by atoms with Gasteiger partial charge in [-0.25, -0.2) is 4.68 Å². The van der Waals surface area contributed by atoms with Crippen LogP contribution in [-0.2, 0) is 9.53 Å². The van der Waals surface area contributed by atoms with E-state index in [9.17, 15) is 9.59 Å². The van der Waals surface area contributed by atoms with E-state index in [-0.39, 0.29) is 17.8 Å². The number of piperidine rings is 1. The molecule has 0 radical (unpaired) electrons. The summed E-state index contributed by atoms with van der Waals surface area (Å²) in [6, 6.07) is 7.98. The molecule has 1 saturated heterocycles. The van der Waals surface area contributed by atoms with E-state index in [0.29, 0.717) is 31.0 Å². The van der Waals surface area contributed by atoms with Gasteiger partial charge in [0, 0.05) is 13.1 Å². The Balaban J connectivity index is 1.87. The number of likely N-dealkylation sites (tertiary alicyclic amines) is 1. The van der Waals surface area contributed by atoms with E-state index >= 15 is 0 Å². The maximum absolute atomic E-state index is 13.2. The van der Waals surface area contributed by atoms with Crippen LogP contribution in [0.5, 0.6) is 0 Å². The highest BCUT2D eigenvalue weighted by Crippen LogP contribution is 2.25. The molecule has 27 heavy (non-hydrogen) atoms. The van der Waals surface area contributed by atoms with Gasteiger partial charge in [-0.05, 0) is 52.2 Å². The lowest BCUT2D eigenvalue weighted by Crippen LogP contribution is -2.43. The van der Waals surface area contributed by atoms with Gasteiger partial charge in [-0.2, -0.15) is 5.10 Å². The zero-order chi connectivity index (χ0) is 19.6. The van der Waals surface area contributed by atoms with Gasteiger partial charge in [0.25, 0.3) is 5.91 Å². The second-order valence-electron chi connectivity index (χ2n) is 7.09. The quantitative estimate of drug-likeness (QED) is 0.776. The van der Waals surface area contributed by atoms with Gasteiger partial charge in [0.2, 0.25) is 0 Å². The number of aromatic nitrogens is 2. The highest BCUT2D eigenvalue weighted by molar-refractivity contribution is 5.97. The van der Waals surface area contributed by atoms with Gasteiger partial charge in [0.05, 0.1) is 35.2 Å². The Labute approximate surface area is 160 Å². The third-order valence-electron chi connectivity index (χ3n) is 5.18. The number of ether oxygens (including phenoxy) is 1. The second kappa shape index (κ2) is 7.94. The van der Waals surface area contributed by atoms with E-state index in [0.717, 1.165) is 29.8 Å². The lowest BCUT2D eigenvalue weighted by molar-refractivity contribution is -0.149. The van der Waals surface area contributed by atoms with E-state index < -0.39 is 0 Å². The molecule has 0 saturated carbocycles. The number of para-hydroxylation sites is 1. The Kier molecular flexibility index (Phi) is 5.63. The predicted molar refractivity (Wildman–Crippen MR) is 103 cm³/mol. The molecule has 1 aromatic carbocycles. The Morgan fingerprint density at radius 3 is 2.67 bits per heavy atom. The highest BCUT2D eigenvalue weighted by atomic mass is 16.5. The van der Waals surface area contributed by atoms with Gasteiger partial charge in [0.15, 0.2) is 0 Å². The summed E-state index contributed by atoms with van der Waals surface area (Å²) in [5.74, 6) is -0.507. The molecular formula is C21H27N3O3. The zero-order valence-electron chi connectivity index (χ0n) is 16.5. The first-order valence-electron chi connectivity index (χ1n) is 9.52. The number of carbonyl (C=O) groups excluding carboxylic acids is 2. The standard InChI is InChI=1S/C21H27N3O3/c1-5-27-21(26)17-10-8-12-23(13-17)20(25)19-15(3)22-24(16(19)4)18-11-7-6-9-14(18)2/h6-7,9,11,17H,5,8,10,12-13H2,1-4H3/t17-/m0/s1. The largest absolute Gasteiger partial charge is 0.466 e. The van der Waals surface area contributed by atoms with Crippen LogP contribution in [0.1, 0.15) is 47.1 Å². The van der Waals surface area contributed by atoms with Crippen LogP contribution in [0.4, 0.5) is 0 Å². The van der Waals surface area contributed by atoms with Crippen LogP contribution in [-0.4, -0.2) is 46.3 Å². The fourth-order valence-corrected chi connectivity index (χ4v) is 3.76. The molecule has 3 rings (SSSR count). The molecule has 0 N–H and O–H groups in total. The number of hydrogen-bond acceptors (Lipinski definition) is 4. The summed E-state index contributed by atoms with van der Waals surface area (Å²) < 4.78 is 6.98. The normalized spacial score (nSPS) is 17.0. The minimum atomic E-state index is -0.241. The van der Waals surface area contributed by atoms with Gasteiger partial charge in [-0.3, -0.25) is 9.59 Å². The van der Waals surface area contributed by atoms with Crippen LogP contribution in [0.25, 0.3) is 5.69 Å². The van der Waals surface area contributed by atoms with Crippen molar-refractivity contribution in [1.29, 1.82) is 0 Å². The third kappa shape index (κ3) is 3.75. The smallest absolute Gasteiger partial charge is 0.310 e. The third-order valence-corrected chi connectivity index (χ3v) is 5.18. The van der Waals surface area contributed by atoms with E-state index in [1.807, 2.05) is 49.7 Å². The maximum Gasteiger partial charge on any atom is 0.310 e. The van der Waals surface area contributed by atoms with E-state index in [4.69, 9.17) is 4.74 Å². The average Bonchev–Trinajstić information content (AvgIpc) is 2.96. The average molecular weight is 369 g/mol. The van der Waals surface area contributed by atoms with Gasteiger partial charge in [-0.15, -0.1) is 0 Å². The second-order valence-corrected chi connectivity index (χ2v) is 7.09. The fourth-order valence-electron chi connectivity index (χ4n) is 3.76. The monoisotopic (exact) mass is 369 g/mol. The first-order chi connectivity index (χ1) is 12.9. The Bertz CT molecular complexity index is 856. The summed E-state index contributed by atoms with van der Waals surface area (Å²) in [4.78, 5) is 27.1. The molecule has 1 fully saturated rings. The summed E-state index contributed by atoms with van der Waals surface area (Å²) in [6.45, 7) is 9.05. The molecule has 0 unspecified atom stereocenters. The van der Waals surface area contributed by atoms with Crippen molar-refractivity contribution in [1.82, 2.24) is 14.7 Å². The van der Waals surface area contributed by atoms with Crippen molar-refractivity contribution >= 4 is 11.9 Å². The molecule has 6 nitrogen and oxygen atoms in total. The molecule has 2 heterocycles. The molecule has 0 aliphatic carbocycles. The zero-order valence-corrected chi connectivity index (χ0v) is 16.5. The SMILES string of the molecule is CCOC(=O)[C@H]1CCCN(C(=O)c2c(C)nn(-c3ccccc3C)c2C)C1. The van der Waals surface area contributed by atoms with Gasteiger partial charge >= 0.3 is 5.97 Å². The van der Waals surface area contributed by atoms with Crippen LogP contribution in [0.2, 0.25) is 0 Å². The molecule has 1 aromatic heterocycles. The number of carbonyl (C=O) groups is 2.